The number of aromatic hydroxyl groups is 1. The van der Waals surface area contributed by atoms with Crippen LogP contribution in [0.1, 0.15) is 28.4 Å². The molecule has 0 amide bonds. The van der Waals surface area contributed by atoms with Crippen LogP contribution in [0.5, 0.6) is 5.75 Å². The van der Waals surface area contributed by atoms with E-state index in [2.05, 4.69) is 0 Å². The number of fused-ring (bicyclic) bond motifs is 1. The van der Waals surface area contributed by atoms with E-state index in [4.69, 9.17) is 4.99 Å². The smallest absolute Gasteiger partial charge is 0.416 e. The summed E-state index contributed by atoms with van der Waals surface area (Å²) in [6, 6.07) is 19.9. The number of nitrogens with zero attached hydrogens (tertiary/aromatic N) is 1. The van der Waals surface area contributed by atoms with E-state index in [1.165, 1.54) is 0 Å². The predicted octanol–water partition coefficient (Wildman–Crippen LogP) is 6.77. The average Bonchev–Trinajstić information content (AvgIpc) is 2.88. The Labute approximate surface area is 164 Å². The molecule has 1 aliphatic heterocycles. The predicted molar refractivity (Wildman–Crippen MR) is 105 cm³/mol. The molecule has 142 valence electrons. The number of para-hydroxylation sites is 1. The molecule has 0 spiro atoms. The third-order valence-corrected chi connectivity index (χ3v) is 5.90. The lowest BCUT2D eigenvalue weighted by Crippen LogP contribution is -2.07. The monoisotopic (exact) mass is 399 g/mol. The summed E-state index contributed by atoms with van der Waals surface area (Å²) < 4.78 is 38.7. The minimum atomic E-state index is -4.35. The zero-order valence-electron chi connectivity index (χ0n) is 14.6. The molecule has 0 fully saturated rings. The van der Waals surface area contributed by atoms with Crippen LogP contribution in [-0.2, 0) is 6.18 Å². The fourth-order valence-electron chi connectivity index (χ4n) is 3.12. The maximum Gasteiger partial charge on any atom is 0.416 e. The van der Waals surface area contributed by atoms with Crippen molar-refractivity contribution in [2.75, 3.05) is 0 Å². The number of rotatable bonds is 2. The number of benzene rings is 3. The maximum absolute atomic E-state index is 12.9. The molecule has 2 nitrogen and oxygen atoms in total. The molecule has 0 aliphatic carbocycles. The summed E-state index contributed by atoms with van der Waals surface area (Å²) >= 11 is 1.60. The van der Waals surface area contributed by atoms with E-state index >= 15 is 0 Å². The second kappa shape index (κ2) is 7.36. The first-order chi connectivity index (χ1) is 13.4. The summed E-state index contributed by atoms with van der Waals surface area (Å²) in [5.74, 6) is 0.173. The summed E-state index contributed by atoms with van der Waals surface area (Å²) in [5.41, 5.74) is 2.73. The Morgan fingerprint density at radius 2 is 1.57 bits per heavy atom. The van der Waals surface area contributed by atoms with Gasteiger partial charge in [-0.05, 0) is 59.7 Å². The molecule has 1 unspecified atom stereocenters. The van der Waals surface area contributed by atoms with E-state index in [1.54, 1.807) is 48.2 Å². The summed E-state index contributed by atoms with van der Waals surface area (Å²) in [6.45, 7) is 0. The Morgan fingerprint density at radius 3 is 2.25 bits per heavy atom. The molecule has 1 N–H and O–H groups in total. The molecule has 3 aromatic rings. The van der Waals surface area contributed by atoms with E-state index in [1.807, 2.05) is 24.3 Å². The second-order valence-corrected chi connectivity index (χ2v) is 7.75. The van der Waals surface area contributed by atoms with E-state index in [9.17, 15) is 18.3 Å². The number of thioether (sulfide) groups is 1. The van der Waals surface area contributed by atoms with E-state index < -0.39 is 11.7 Å². The standard InChI is InChI=1S/C22H16F3NOS/c23-22(24,25)16-9-5-15(6-10-16)21-13-19(14-7-11-17(27)12-8-14)26-18-3-1-2-4-20(18)28-21/h1-12,21,27H,13H2. The Bertz CT molecular complexity index is 1010. The van der Waals surface area contributed by atoms with Crippen LogP contribution in [0.4, 0.5) is 18.9 Å². The number of hydrogen-bond donors (Lipinski definition) is 1. The van der Waals surface area contributed by atoms with Crippen molar-refractivity contribution >= 4 is 23.2 Å². The normalized spacial score (nSPS) is 16.8. The van der Waals surface area contributed by atoms with Gasteiger partial charge in [-0.2, -0.15) is 13.2 Å². The molecule has 0 saturated heterocycles. The van der Waals surface area contributed by atoms with Gasteiger partial charge in [0, 0.05) is 22.3 Å². The number of alkyl halides is 3. The third kappa shape index (κ3) is 3.92. The summed E-state index contributed by atoms with van der Waals surface area (Å²) in [5, 5.41) is 9.48. The number of hydrogen-bond acceptors (Lipinski definition) is 3. The zero-order valence-corrected chi connectivity index (χ0v) is 15.5. The van der Waals surface area contributed by atoms with Gasteiger partial charge in [-0.1, -0.05) is 24.3 Å². The van der Waals surface area contributed by atoms with Crippen LogP contribution in [0.15, 0.2) is 82.7 Å². The highest BCUT2D eigenvalue weighted by atomic mass is 32.2. The molecular formula is C22H16F3NOS. The summed E-state index contributed by atoms with van der Waals surface area (Å²) in [7, 11) is 0. The van der Waals surface area contributed by atoms with Crippen molar-refractivity contribution in [3.63, 3.8) is 0 Å². The molecule has 0 radical (unpaired) electrons. The molecule has 3 aromatic carbocycles. The fourth-order valence-corrected chi connectivity index (χ4v) is 4.35. The van der Waals surface area contributed by atoms with Crippen molar-refractivity contribution in [2.45, 2.75) is 22.7 Å². The van der Waals surface area contributed by atoms with Gasteiger partial charge in [-0.3, -0.25) is 4.99 Å². The topological polar surface area (TPSA) is 32.6 Å². The van der Waals surface area contributed by atoms with Gasteiger partial charge in [0.25, 0.3) is 0 Å². The lowest BCUT2D eigenvalue weighted by atomic mass is 10.00. The molecular weight excluding hydrogens is 383 g/mol. The molecule has 1 atom stereocenters. The van der Waals surface area contributed by atoms with E-state index in [0.29, 0.717) is 6.42 Å². The summed E-state index contributed by atoms with van der Waals surface area (Å²) in [6.07, 6.45) is -3.78. The van der Waals surface area contributed by atoms with E-state index in [0.717, 1.165) is 39.6 Å². The summed E-state index contributed by atoms with van der Waals surface area (Å²) in [4.78, 5) is 5.79. The van der Waals surface area contributed by atoms with Gasteiger partial charge in [0.2, 0.25) is 0 Å². The van der Waals surface area contributed by atoms with Crippen LogP contribution in [0.25, 0.3) is 0 Å². The first-order valence-corrected chi connectivity index (χ1v) is 9.58. The third-order valence-electron chi connectivity index (χ3n) is 4.58. The minimum Gasteiger partial charge on any atom is -0.508 e. The van der Waals surface area contributed by atoms with Crippen LogP contribution >= 0.6 is 11.8 Å². The van der Waals surface area contributed by atoms with Crippen molar-refractivity contribution in [1.82, 2.24) is 0 Å². The Morgan fingerprint density at radius 1 is 0.893 bits per heavy atom. The van der Waals surface area contributed by atoms with Gasteiger partial charge in [0.1, 0.15) is 5.75 Å². The molecule has 0 aromatic heterocycles. The molecule has 0 bridgehead atoms. The Kier molecular flexibility index (Phi) is 4.89. The highest BCUT2D eigenvalue weighted by Crippen LogP contribution is 2.46. The molecule has 1 heterocycles. The van der Waals surface area contributed by atoms with Gasteiger partial charge in [0.05, 0.1) is 11.3 Å². The number of phenolic OH excluding ortho intramolecular Hbond substituents is 1. The Hall–Kier alpha value is -2.73. The van der Waals surface area contributed by atoms with Crippen LogP contribution < -0.4 is 0 Å². The maximum atomic E-state index is 12.9. The van der Waals surface area contributed by atoms with Gasteiger partial charge in [-0.25, -0.2) is 0 Å². The van der Waals surface area contributed by atoms with Crippen LogP contribution in [-0.4, -0.2) is 10.8 Å². The Balaban J connectivity index is 1.73. The lowest BCUT2D eigenvalue weighted by Gasteiger charge is -2.17. The van der Waals surface area contributed by atoms with Gasteiger partial charge in [0.15, 0.2) is 0 Å². The van der Waals surface area contributed by atoms with Crippen molar-refractivity contribution < 1.29 is 18.3 Å². The van der Waals surface area contributed by atoms with Crippen molar-refractivity contribution in [2.24, 2.45) is 4.99 Å². The molecule has 1 aliphatic rings. The zero-order chi connectivity index (χ0) is 19.7. The largest absolute Gasteiger partial charge is 0.508 e. The van der Waals surface area contributed by atoms with Crippen LogP contribution in [0.2, 0.25) is 0 Å². The molecule has 0 saturated carbocycles. The minimum absolute atomic E-state index is 0.0708. The van der Waals surface area contributed by atoms with Gasteiger partial charge < -0.3 is 5.11 Å². The lowest BCUT2D eigenvalue weighted by molar-refractivity contribution is -0.137. The van der Waals surface area contributed by atoms with Crippen LogP contribution in [0, 0.1) is 0 Å². The SMILES string of the molecule is Oc1ccc(C2=Nc3ccccc3SC(c3ccc(C(F)(F)F)cc3)C2)cc1. The number of halogens is 3. The second-order valence-electron chi connectivity index (χ2n) is 6.50. The van der Waals surface area contributed by atoms with Crippen molar-refractivity contribution in [3.8, 4) is 5.75 Å². The van der Waals surface area contributed by atoms with Crippen LogP contribution in [0.3, 0.4) is 0 Å². The van der Waals surface area contributed by atoms with Gasteiger partial charge in [-0.15, -0.1) is 11.8 Å². The quantitative estimate of drug-likeness (QED) is 0.516. The first kappa shape index (κ1) is 18.6. The highest BCUT2D eigenvalue weighted by Gasteiger charge is 2.30. The fraction of sp³-hybridized carbons (Fsp3) is 0.136. The molecule has 6 heteroatoms. The first-order valence-electron chi connectivity index (χ1n) is 8.70. The molecule has 28 heavy (non-hydrogen) atoms. The number of phenols is 1. The number of aliphatic imine (C=N–C) groups is 1. The van der Waals surface area contributed by atoms with Crippen molar-refractivity contribution in [3.05, 3.63) is 89.5 Å². The van der Waals surface area contributed by atoms with Gasteiger partial charge >= 0.3 is 6.18 Å². The average molecular weight is 399 g/mol. The van der Waals surface area contributed by atoms with E-state index in [-0.39, 0.29) is 11.0 Å². The molecule has 4 rings (SSSR count). The highest BCUT2D eigenvalue weighted by molar-refractivity contribution is 7.99. The van der Waals surface area contributed by atoms with Crippen molar-refractivity contribution in [1.29, 1.82) is 0 Å².